The van der Waals surface area contributed by atoms with Gasteiger partial charge in [-0.25, -0.2) is 0 Å². The molecule has 156 valence electrons. The van der Waals surface area contributed by atoms with Crippen LogP contribution in [-0.2, 0) is 22.6 Å². The van der Waals surface area contributed by atoms with Crippen molar-refractivity contribution < 1.29 is 9.59 Å². The van der Waals surface area contributed by atoms with Crippen LogP contribution in [0.1, 0.15) is 44.7 Å². The highest BCUT2D eigenvalue weighted by Crippen LogP contribution is 2.18. The van der Waals surface area contributed by atoms with E-state index in [-0.39, 0.29) is 11.8 Å². The van der Waals surface area contributed by atoms with Crippen molar-refractivity contribution in [3.05, 3.63) is 70.7 Å². The third-order valence-electron chi connectivity index (χ3n) is 4.69. The molecule has 0 bridgehead atoms. The molecule has 0 aliphatic rings. The van der Waals surface area contributed by atoms with Crippen molar-refractivity contribution in [1.82, 2.24) is 10.2 Å². The molecule has 4 nitrogen and oxygen atoms in total. The summed E-state index contributed by atoms with van der Waals surface area (Å²) in [6.07, 6.45) is 1.63. The monoisotopic (exact) mass is 414 g/mol. The van der Waals surface area contributed by atoms with Gasteiger partial charge >= 0.3 is 0 Å². The molecule has 0 aliphatic carbocycles. The second-order valence-electron chi connectivity index (χ2n) is 7.74. The molecule has 1 N–H and O–H groups in total. The van der Waals surface area contributed by atoms with Crippen LogP contribution in [-0.4, -0.2) is 29.3 Å². The first-order chi connectivity index (χ1) is 13.9. The van der Waals surface area contributed by atoms with E-state index in [1.165, 1.54) is 0 Å². The van der Waals surface area contributed by atoms with Crippen LogP contribution in [0.15, 0.2) is 54.6 Å². The van der Waals surface area contributed by atoms with Gasteiger partial charge in [0.1, 0.15) is 6.04 Å². The number of carbonyl (C=O) groups excluding carboxylic acids is 2. The van der Waals surface area contributed by atoms with Crippen LogP contribution in [0.25, 0.3) is 0 Å². The molecule has 5 heteroatoms. The smallest absolute Gasteiger partial charge is 0.243 e. The Balaban J connectivity index is 2.33. The van der Waals surface area contributed by atoms with Crippen molar-refractivity contribution in [2.75, 3.05) is 6.54 Å². The maximum atomic E-state index is 13.1. The van der Waals surface area contributed by atoms with E-state index in [1.807, 2.05) is 61.5 Å². The molecule has 0 aromatic heterocycles. The first kappa shape index (κ1) is 23.0. The van der Waals surface area contributed by atoms with Crippen molar-refractivity contribution in [3.63, 3.8) is 0 Å². The van der Waals surface area contributed by atoms with Gasteiger partial charge in [-0.2, -0.15) is 0 Å². The molecular weight excluding hydrogens is 384 g/mol. The summed E-state index contributed by atoms with van der Waals surface area (Å²) >= 11 is 6.01. The summed E-state index contributed by atoms with van der Waals surface area (Å²) in [6, 6.07) is 16.7. The molecular formula is C24H31ClN2O2. The number of halogens is 1. The highest BCUT2D eigenvalue weighted by molar-refractivity contribution is 6.30. The zero-order chi connectivity index (χ0) is 21.2. The van der Waals surface area contributed by atoms with E-state index in [0.29, 0.717) is 36.9 Å². The lowest BCUT2D eigenvalue weighted by Crippen LogP contribution is -2.51. The fourth-order valence-electron chi connectivity index (χ4n) is 3.12. The highest BCUT2D eigenvalue weighted by Gasteiger charge is 2.29. The van der Waals surface area contributed by atoms with Gasteiger partial charge in [-0.1, -0.05) is 74.8 Å². The molecule has 0 saturated carbocycles. The lowest BCUT2D eigenvalue weighted by Gasteiger charge is -2.32. The Morgan fingerprint density at radius 3 is 2.24 bits per heavy atom. The topological polar surface area (TPSA) is 49.4 Å². The second-order valence-corrected chi connectivity index (χ2v) is 8.18. The Hall–Kier alpha value is -2.33. The maximum Gasteiger partial charge on any atom is 0.243 e. The molecule has 0 fully saturated rings. The molecule has 2 aromatic carbocycles. The van der Waals surface area contributed by atoms with Gasteiger partial charge in [0.15, 0.2) is 0 Å². The molecule has 1 atom stereocenters. The normalized spacial score (nSPS) is 11.9. The summed E-state index contributed by atoms with van der Waals surface area (Å²) in [5.41, 5.74) is 1.98. The van der Waals surface area contributed by atoms with E-state index < -0.39 is 6.04 Å². The zero-order valence-corrected chi connectivity index (χ0v) is 18.3. The van der Waals surface area contributed by atoms with E-state index in [0.717, 1.165) is 17.5 Å². The second kappa shape index (κ2) is 11.6. The number of benzene rings is 2. The van der Waals surface area contributed by atoms with Gasteiger partial charge in [-0.05, 0) is 35.6 Å². The average Bonchev–Trinajstić information content (AvgIpc) is 2.71. The maximum absolute atomic E-state index is 13.1. The van der Waals surface area contributed by atoms with E-state index in [1.54, 1.807) is 4.90 Å². The Morgan fingerprint density at radius 1 is 1.00 bits per heavy atom. The van der Waals surface area contributed by atoms with Gasteiger partial charge in [0.25, 0.3) is 0 Å². The van der Waals surface area contributed by atoms with Crippen LogP contribution in [0.3, 0.4) is 0 Å². The molecule has 0 aliphatic heterocycles. The van der Waals surface area contributed by atoms with Crippen molar-refractivity contribution in [3.8, 4) is 0 Å². The van der Waals surface area contributed by atoms with Crippen LogP contribution in [0, 0.1) is 5.92 Å². The van der Waals surface area contributed by atoms with E-state index >= 15 is 0 Å². The fourth-order valence-corrected chi connectivity index (χ4v) is 3.25. The molecule has 2 rings (SSSR count). The molecule has 0 saturated heterocycles. The number of rotatable bonds is 10. The third kappa shape index (κ3) is 7.54. The van der Waals surface area contributed by atoms with E-state index in [4.69, 9.17) is 11.6 Å². The number of amides is 2. The first-order valence-electron chi connectivity index (χ1n) is 10.3. The van der Waals surface area contributed by atoms with Gasteiger partial charge in [0.05, 0.1) is 0 Å². The lowest BCUT2D eigenvalue weighted by atomic mass is 10.0. The van der Waals surface area contributed by atoms with Crippen molar-refractivity contribution in [2.45, 2.75) is 52.6 Å². The Morgan fingerprint density at radius 2 is 1.66 bits per heavy atom. The van der Waals surface area contributed by atoms with Gasteiger partial charge in [-0.3, -0.25) is 9.59 Å². The minimum Gasteiger partial charge on any atom is -0.354 e. The van der Waals surface area contributed by atoms with E-state index in [2.05, 4.69) is 19.2 Å². The van der Waals surface area contributed by atoms with E-state index in [9.17, 15) is 9.59 Å². The summed E-state index contributed by atoms with van der Waals surface area (Å²) in [7, 11) is 0. The average molecular weight is 415 g/mol. The standard InChI is InChI=1S/C24H31ClN2O2/c1-4-8-23(28)27(17-20-11-13-21(25)14-12-20)22(24(29)26-16-18(2)3)15-19-9-6-5-7-10-19/h5-7,9-14,18,22H,4,8,15-17H2,1-3H3,(H,26,29)/t22-/m0/s1. The molecule has 0 radical (unpaired) electrons. The zero-order valence-electron chi connectivity index (χ0n) is 17.5. The summed E-state index contributed by atoms with van der Waals surface area (Å²) in [6.45, 7) is 7.05. The van der Waals surface area contributed by atoms with Gasteiger partial charge in [0.2, 0.25) is 11.8 Å². The number of hydrogen-bond donors (Lipinski definition) is 1. The van der Waals surface area contributed by atoms with Crippen molar-refractivity contribution in [1.29, 1.82) is 0 Å². The lowest BCUT2D eigenvalue weighted by molar-refractivity contribution is -0.141. The van der Waals surface area contributed by atoms with Crippen LogP contribution in [0.5, 0.6) is 0 Å². The number of nitrogens with one attached hydrogen (secondary N) is 1. The minimum absolute atomic E-state index is 0.0110. The van der Waals surface area contributed by atoms with Crippen LogP contribution in [0.4, 0.5) is 0 Å². The molecule has 0 heterocycles. The molecule has 2 amide bonds. The predicted molar refractivity (Wildman–Crippen MR) is 119 cm³/mol. The Labute approximate surface area is 179 Å². The largest absolute Gasteiger partial charge is 0.354 e. The van der Waals surface area contributed by atoms with Crippen LogP contribution >= 0.6 is 11.6 Å². The quantitative estimate of drug-likeness (QED) is 0.604. The van der Waals surface area contributed by atoms with Gasteiger partial charge in [0, 0.05) is 31.0 Å². The third-order valence-corrected chi connectivity index (χ3v) is 4.94. The Bertz CT molecular complexity index is 775. The highest BCUT2D eigenvalue weighted by atomic mass is 35.5. The Kier molecular flexibility index (Phi) is 9.20. The summed E-state index contributed by atoms with van der Waals surface area (Å²) < 4.78 is 0. The number of hydrogen-bond acceptors (Lipinski definition) is 2. The molecule has 29 heavy (non-hydrogen) atoms. The SMILES string of the molecule is CCCC(=O)N(Cc1ccc(Cl)cc1)[C@@H](Cc1ccccc1)C(=O)NCC(C)C. The minimum atomic E-state index is -0.564. The predicted octanol–water partition coefficient (Wildman–Crippen LogP) is 4.85. The molecule has 2 aromatic rings. The summed E-state index contributed by atoms with van der Waals surface area (Å²) in [4.78, 5) is 27.8. The fraction of sp³-hybridized carbons (Fsp3) is 0.417. The van der Waals surface area contributed by atoms with Gasteiger partial charge < -0.3 is 10.2 Å². The summed E-state index contributed by atoms with van der Waals surface area (Å²) in [5, 5.41) is 3.67. The van der Waals surface area contributed by atoms with Crippen LogP contribution in [0.2, 0.25) is 5.02 Å². The molecule has 0 spiro atoms. The van der Waals surface area contributed by atoms with Crippen LogP contribution < -0.4 is 5.32 Å². The summed E-state index contributed by atoms with van der Waals surface area (Å²) in [5.74, 6) is 0.219. The molecule has 0 unspecified atom stereocenters. The van der Waals surface area contributed by atoms with Gasteiger partial charge in [-0.15, -0.1) is 0 Å². The van der Waals surface area contributed by atoms with Crippen molar-refractivity contribution in [2.24, 2.45) is 5.92 Å². The van der Waals surface area contributed by atoms with Crippen molar-refractivity contribution >= 4 is 23.4 Å². The first-order valence-corrected chi connectivity index (χ1v) is 10.6. The number of carbonyl (C=O) groups is 2. The number of nitrogens with zero attached hydrogens (tertiary/aromatic N) is 1.